The minimum absolute atomic E-state index is 0.224. The molecule has 2 unspecified atom stereocenters. The summed E-state index contributed by atoms with van der Waals surface area (Å²) in [4.78, 5) is 4.58. The molecular formula is C12H27N3O2. The van der Waals surface area contributed by atoms with Crippen LogP contribution in [-0.4, -0.2) is 89.6 Å². The minimum atomic E-state index is 0.224. The van der Waals surface area contributed by atoms with Gasteiger partial charge in [-0.05, 0) is 14.1 Å². The van der Waals surface area contributed by atoms with E-state index >= 15 is 0 Å². The van der Waals surface area contributed by atoms with Crippen LogP contribution in [0.4, 0.5) is 0 Å². The number of hydrogen-bond donors (Lipinski definition) is 1. The first-order valence-corrected chi connectivity index (χ1v) is 6.30. The third kappa shape index (κ3) is 5.31. The van der Waals surface area contributed by atoms with Crippen molar-refractivity contribution < 1.29 is 9.47 Å². The second-order valence-electron chi connectivity index (χ2n) is 4.86. The molecule has 1 aliphatic heterocycles. The summed E-state index contributed by atoms with van der Waals surface area (Å²) in [7, 11) is 7.70. The summed E-state index contributed by atoms with van der Waals surface area (Å²) in [6, 6.07) is 0. The summed E-state index contributed by atoms with van der Waals surface area (Å²) in [5.41, 5.74) is 0. The average Bonchev–Trinajstić information content (AvgIpc) is 2.70. The number of ether oxygens (including phenoxy) is 2. The largest absolute Gasteiger partial charge is 0.377 e. The average molecular weight is 245 g/mol. The normalized spacial score (nSPS) is 25.9. The molecule has 5 nitrogen and oxygen atoms in total. The van der Waals surface area contributed by atoms with Crippen LogP contribution in [0.3, 0.4) is 0 Å². The molecule has 2 atom stereocenters. The molecular weight excluding hydrogens is 218 g/mol. The molecule has 0 spiro atoms. The van der Waals surface area contributed by atoms with Gasteiger partial charge in [0, 0.05) is 53.5 Å². The Labute approximate surface area is 105 Å². The van der Waals surface area contributed by atoms with Crippen molar-refractivity contribution in [2.75, 3.05) is 67.6 Å². The van der Waals surface area contributed by atoms with Crippen LogP contribution in [-0.2, 0) is 9.47 Å². The van der Waals surface area contributed by atoms with E-state index in [4.69, 9.17) is 9.47 Å². The smallest absolute Gasteiger partial charge is 0.0971 e. The zero-order valence-corrected chi connectivity index (χ0v) is 11.6. The van der Waals surface area contributed by atoms with Crippen LogP contribution in [0, 0.1) is 0 Å². The van der Waals surface area contributed by atoms with Crippen molar-refractivity contribution >= 4 is 0 Å². The van der Waals surface area contributed by atoms with Crippen LogP contribution >= 0.6 is 0 Å². The zero-order chi connectivity index (χ0) is 12.7. The van der Waals surface area contributed by atoms with Gasteiger partial charge in [0.2, 0.25) is 0 Å². The van der Waals surface area contributed by atoms with Gasteiger partial charge in [0.05, 0.1) is 12.2 Å². The number of nitrogens with one attached hydrogen (secondary N) is 1. The van der Waals surface area contributed by atoms with E-state index in [0.29, 0.717) is 0 Å². The standard InChI is InChI=1S/C12H27N3O2/c1-14(2)7-5-13-6-8-15-9-11(16-3)12(10-15)17-4/h11-13H,5-10H2,1-4H3. The maximum absolute atomic E-state index is 5.41. The molecule has 0 radical (unpaired) electrons. The van der Waals surface area contributed by atoms with Crippen LogP contribution in [0.5, 0.6) is 0 Å². The predicted octanol–water partition coefficient (Wildman–Crippen LogP) is -0.517. The summed E-state index contributed by atoms with van der Waals surface area (Å²) in [6.07, 6.45) is 0.448. The van der Waals surface area contributed by atoms with Gasteiger partial charge in [-0.3, -0.25) is 4.90 Å². The summed E-state index contributed by atoms with van der Waals surface area (Å²) in [5.74, 6) is 0. The predicted molar refractivity (Wildman–Crippen MR) is 69.5 cm³/mol. The van der Waals surface area contributed by atoms with Gasteiger partial charge in [0.25, 0.3) is 0 Å². The van der Waals surface area contributed by atoms with Crippen LogP contribution in [0.15, 0.2) is 0 Å². The van der Waals surface area contributed by atoms with Gasteiger partial charge in [0.15, 0.2) is 0 Å². The summed E-state index contributed by atoms with van der Waals surface area (Å²) >= 11 is 0. The van der Waals surface area contributed by atoms with Crippen molar-refractivity contribution in [3.8, 4) is 0 Å². The molecule has 1 rings (SSSR count). The van der Waals surface area contributed by atoms with Gasteiger partial charge in [0.1, 0.15) is 0 Å². The fraction of sp³-hybridized carbons (Fsp3) is 1.00. The Kier molecular flexibility index (Phi) is 6.99. The van der Waals surface area contributed by atoms with Crippen LogP contribution in [0.1, 0.15) is 0 Å². The Hall–Kier alpha value is -0.200. The van der Waals surface area contributed by atoms with Gasteiger partial charge in [-0.15, -0.1) is 0 Å². The number of hydrogen-bond acceptors (Lipinski definition) is 5. The molecule has 17 heavy (non-hydrogen) atoms. The molecule has 0 bridgehead atoms. The number of likely N-dealkylation sites (N-methyl/N-ethyl adjacent to an activating group) is 1. The Morgan fingerprint density at radius 3 is 2.18 bits per heavy atom. The molecule has 5 heteroatoms. The van der Waals surface area contributed by atoms with E-state index in [9.17, 15) is 0 Å². The van der Waals surface area contributed by atoms with Gasteiger partial charge < -0.3 is 19.7 Å². The van der Waals surface area contributed by atoms with Crippen LogP contribution < -0.4 is 5.32 Å². The van der Waals surface area contributed by atoms with E-state index in [1.54, 1.807) is 14.2 Å². The summed E-state index contributed by atoms with van der Waals surface area (Å²) in [6.45, 7) is 6.17. The lowest BCUT2D eigenvalue weighted by atomic mass is 10.3. The molecule has 0 saturated carbocycles. The monoisotopic (exact) mass is 245 g/mol. The van der Waals surface area contributed by atoms with Crippen molar-refractivity contribution in [2.45, 2.75) is 12.2 Å². The van der Waals surface area contributed by atoms with E-state index in [-0.39, 0.29) is 12.2 Å². The number of nitrogens with zero attached hydrogens (tertiary/aromatic N) is 2. The van der Waals surface area contributed by atoms with Crippen molar-refractivity contribution in [3.05, 3.63) is 0 Å². The number of rotatable bonds is 8. The van der Waals surface area contributed by atoms with Crippen molar-refractivity contribution in [1.82, 2.24) is 15.1 Å². The highest BCUT2D eigenvalue weighted by atomic mass is 16.5. The lowest BCUT2D eigenvalue weighted by Gasteiger charge is -2.16. The summed E-state index contributed by atoms with van der Waals surface area (Å²) < 4.78 is 10.8. The zero-order valence-electron chi connectivity index (χ0n) is 11.6. The molecule has 1 fully saturated rings. The Bertz CT molecular complexity index is 190. The maximum Gasteiger partial charge on any atom is 0.0971 e. The van der Waals surface area contributed by atoms with Gasteiger partial charge in [-0.1, -0.05) is 0 Å². The second-order valence-corrected chi connectivity index (χ2v) is 4.86. The lowest BCUT2D eigenvalue weighted by molar-refractivity contribution is -0.00461. The number of methoxy groups -OCH3 is 2. The molecule has 0 aromatic carbocycles. The van der Waals surface area contributed by atoms with Crippen LogP contribution in [0.25, 0.3) is 0 Å². The van der Waals surface area contributed by atoms with Crippen LogP contribution in [0.2, 0.25) is 0 Å². The lowest BCUT2D eigenvalue weighted by Crippen LogP contribution is -2.34. The van der Waals surface area contributed by atoms with Crippen molar-refractivity contribution in [1.29, 1.82) is 0 Å². The highest BCUT2D eigenvalue weighted by Gasteiger charge is 2.32. The van der Waals surface area contributed by atoms with E-state index in [0.717, 1.165) is 39.3 Å². The topological polar surface area (TPSA) is 37.0 Å². The molecule has 1 heterocycles. The van der Waals surface area contributed by atoms with E-state index in [1.807, 2.05) is 0 Å². The maximum atomic E-state index is 5.41. The van der Waals surface area contributed by atoms with Crippen molar-refractivity contribution in [2.24, 2.45) is 0 Å². The van der Waals surface area contributed by atoms with Gasteiger partial charge in [-0.25, -0.2) is 0 Å². The third-order valence-electron chi connectivity index (χ3n) is 3.24. The fourth-order valence-corrected chi connectivity index (χ4v) is 2.12. The quantitative estimate of drug-likeness (QED) is 0.583. The fourth-order valence-electron chi connectivity index (χ4n) is 2.12. The van der Waals surface area contributed by atoms with Crippen molar-refractivity contribution in [3.63, 3.8) is 0 Å². The Balaban J connectivity index is 2.08. The molecule has 0 aromatic heterocycles. The first-order valence-electron chi connectivity index (χ1n) is 6.30. The third-order valence-corrected chi connectivity index (χ3v) is 3.24. The van der Waals surface area contributed by atoms with E-state index < -0.39 is 0 Å². The molecule has 0 aliphatic carbocycles. The first-order chi connectivity index (χ1) is 8.17. The highest BCUT2D eigenvalue weighted by Crippen LogP contribution is 2.14. The molecule has 1 aliphatic rings. The number of likely N-dealkylation sites (tertiary alicyclic amines) is 1. The minimum Gasteiger partial charge on any atom is -0.377 e. The molecule has 0 aromatic rings. The van der Waals surface area contributed by atoms with Gasteiger partial charge in [-0.2, -0.15) is 0 Å². The molecule has 0 amide bonds. The highest BCUT2D eigenvalue weighted by molar-refractivity contribution is 4.85. The molecule has 1 N–H and O–H groups in total. The SMILES string of the molecule is COC1CN(CCNCCN(C)C)CC1OC. The van der Waals surface area contributed by atoms with E-state index in [2.05, 4.69) is 29.2 Å². The van der Waals surface area contributed by atoms with Gasteiger partial charge >= 0.3 is 0 Å². The molecule has 1 saturated heterocycles. The van der Waals surface area contributed by atoms with E-state index in [1.165, 1.54) is 0 Å². The Morgan fingerprint density at radius 1 is 1.12 bits per heavy atom. The Morgan fingerprint density at radius 2 is 1.71 bits per heavy atom. The molecule has 102 valence electrons. The summed E-state index contributed by atoms with van der Waals surface area (Å²) in [5, 5.41) is 3.44. The first kappa shape index (κ1) is 14.9. The second kappa shape index (κ2) is 8.00.